The number of nitrogens with zero attached hydrogens (tertiary/aromatic N) is 2. The summed E-state index contributed by atoms with van der Waals surface area (Å²) in [5.74, 6) is -0.0734. The van der Waals surface area contributed by atoms with Gasteiger partial charge < -0.3 is 10.2 Å². The third-order valence-corrected chi connectivity index (χ3v) is 3.72. The number of amides is 1. The number of rotatable bonds is 1. The Morgan fingerprint density at radius 2 is 2.40 bits per heavy atom. The molecule has 0 spiro atoms. The molecule has 0 unspecified atom stereocenters. The van der Waals surface area contributed by atoms with Crippen LogP contribution >= 0.6 is 11.3 Å². The molecule has 1 aromatic rings. The fourth-order valence-corrected chi connectivity index (χ4v) is 2.81. The van der Waals surface area contributed by atoms with Crippen molar-refractivity contribution in [2.75, 3.05) is 20.6 Å². The van der Waals surface area contributed by atoms with E-state index >= 15 is 0 Å². The second kappa shape index (κ2) is 4.28. The van der Waals surface area contributed by atoms with E-state index < -0.39 is 0 Å². The monoisotopic (exact) mass is 225 g/mol. The largest absolute Gasteiger partial charge is 0.353 e. The van der Waals surface area contributed by atoms with Crippen LogP contribution in [0, 0.1) is 0 Å². The molecule has 0 saturated carbocycles. The second-order valence-electron chi connectivity index (χ2n) is 3.81. The van der Waals surface area contributed by atoms with E-state index in [4.69, 9.17) is 0 Å². The van der Waals surface area contributed by atoms with E-state index in [2.05, 4.69) is 22.2 Å². The maximum Gasteiger partial charge on any atom is 0.280 e. The van der Waals surface area contributed by atoms with Crippen LogP contribution in [-0.4, -0.2) is 36.4 Å². The van der Waals surface area contributed by atoms with Crippen molar-refractivity contribution in [2.24, 2.45) is 0 Å². The molecule has 0 aromatic carbocycles. The maximum atomic E-state index is 11.4. The van der Waals surface area contributed by atoms with Crippen molar-refractivity contribution in [1.82, 2.24) is 15.2 Å². The first-order valence-corrected chi connectivity index (χ1v) is 5.91. The summed E-state index contributed by atoms with van der Waals surface area (Å²) in [6, 6.07) is 0. The molecule has 0 atom stereocenters. The topological polar surface area (TPSA) is 45.2 Å². The molecule has 0 radical (unpaired) electrons. The molecule has 1 aliphatic rings. The lowest BCUT2D eigenvalue weighted by molar-refractivity contribution is 0.0962. The quantitative estimate of drug-likeness (QED) is 0.771. The average Bonchev–Trinajstić information content (AvgIpc) is 2.53. The van der Waals surface area contributed by atoms with Gasteiger partial charge in [-0.25, -0.2) is 4.98 Å². The van der Waals surface area contributed by atoms with E-state index in [0.29, 0.717) is 5.01 Å². The predicted molar refractivity (Wildman–Crippen MR) is 60.2 cm³/mol. The summed E-state index contributed by atoms with van der Waals surface area (Å²) in [5.41, 5.74) is 1.08. The van der Waals surface area contributed by atoms with Crippen LogP contribution in [-0.2, 0) is 13.0 Å². The van der Waals surface area contributed by atoms with Crippen LogP contribution in [0.15, 0.2) is 0 Å². The van der Waals surface area contributed by atoms with E-state index in [1.54, 1.807) is 7.05 Å². The highest BCUT2D eigenvalue weighted by Crippen LogP contribution is 2.24. The number of hydrogen-bond donors (Lipinski definition) is 1. The fourth-order valence-electron chi connectivity index (χ4n) is 1.75. The van der Waals surface area contributed by atoms with Crippen molar-refractivity contribution >= 4 is 17.2 Å². The van der Waals surface area contributed by atoms with Gasteiger partial charge in [0, 0.05) is 18.5 Å². The van der Waals surface area contributed by atoms with Crippen LogP contribution < -0.4 is 5.32 Å². The standard InChI is InChI=1S/C10H15N3OS/c1-11-9(14)10-12-7-6-13(2)5-3-4-8(7)15-10/h3-6H2,1-2H3,(H,11,14). The van der Waals surface area contributed by atoms with Gasteiger partial charge in [0.1, 0.15) is 0 Å². The Labute approximate surface area is 93.3 Å². The van der Waals surface area contributed by atoms with E-state index in [1.165, 1.54) is 16.2 Å². The summed E-state index contributed by atoms with van der Waals surface area (Å²) in [6.45, 7) is 1.97. The maximum absolute atomic E-state index is 11.4. The molecule has 1 amide bonds. The Morgan fingerprint density at radius 3 is 3.13 bits per heavy atom. The molecule has 0 aliphatic carbocycles. The number of fused-ring (bicyclic) bond motifs is 1. The van der Waals surface area contributed by atoms with Gasteiger partial charge in [0.05, 0.1) is 5.69 Å². The zero-order chi connectivity index (χ0) is 10.8. The van der Waals surface area contributed by atoms with Crippen molar-refractivity contribution in [1.29, 1.82) is 0 Å². The fraction of sp³-hybridized carbons (Fsp3) is 0.600. The molecule has 1 N–H and O–H groups in total. The summed E-state index contributed by atoms with van der Waals surface area (Å²) >= 11 is 1.53. The number of nitrogens with one attached hydrogen (secondary N) is 1. The van der Waals surface area contributed by atoms with Crippen LogP contribution in [0.3, 0.4) is 0 Å². The third kappa shape index (κ3) is 2.18. The van der Waals surface area contributed by atoms with Gasteiger partial charge in [-0.05, 0) is 26.4 Å². The molecule has 15 heavy (non-hydrogen) atoms. The zero-order valence-corrected chi connectivity index (χ0v) is 9.86. The van der Waals surface area contributed by atoms with Gasteiger partial charge >= 0.3 is 0 Å². The first kappa shape index (κ1) is 10.6. The van der Waals surface area contributed by atoms with Gasteiger partial charge in [0.15, 0.2) is 5.01 Å². The number of carbonyl (C=O) groups is 1. The Morgan fingerprint density at radius 1 is 1.60 bits per heavy atom. The highest BCUT2D eigenvalue weighted by molar-refractivity contribution is 7.13. The first-order chi connectivity index (χ1) is 7.20. The molecule has 4 nitrogen and oxygen atoms in total. The molecule has 5 heteroatoms. The van der Waals surface area contributed by atoms with Gasteiger partial charge in [-0.1, -0.05) is 0 Å². The van der Waals surface area contributed by atoms with Gasteiger partial charge in [-0.2, -0.15) is 0 Å². The van der Waals surface area contributed by atoms with E-state index in [0.717, 1.165) is 31.6 Å². The molecule has 82 valence electrons. The minimum Gasteiger partial charge on any atom is -0.353 e. The van der Waals surface area contributed by atoms with Crippen LogP contribution in [0.25, 0.3) is 0 Å². The highest BCUT2D eigenvalue weighted by atomic mass is 32.1. The summed E-state index contributed by atoms with van der Waals surface area (Å²) < 4.78 is 0. The number of hydrogen-bond acceptors (Lipinski definition) is 4. The Bertz CT molecular complexity index is 375. The van der Waals surface area contributed by atoms with Gasteiger partial charge in [0.25, 0.3) is 5.91 Å². The SMILES string of the molecule is CNC(=O)c1nc2c(s1)CCCN(C)C2. The van der Waals surface area contributed by atoms with Crippen molar-refractivity contribution in [3.05, 3.63) is 15.6 Å². The van der Waals surface area contributed by atoms with Crippen molar-refractivity contribution < 1.29 is 4.79 Å². The van der Waals surface area contributed by atoms with Crippen LogP contribution in [0.4, 0.5) is 0 Å². The minimum atomic E-state index is -0.0734. The molecule has 2 rings (SSSR count). The van der Waals surface area contributed by atoms with Crippen LogP contribution in [0.1, 0.15) is 26.8 Å². The average molecular weight is 225 g/mol. The van der Waals surface area contributed by atoms with E-state index in [9.17, 15) is 4.79 Å². The number of aryl methyl sites for hydroxylation is 1. The molecular formula is C10H15N3OS. The molecule has 0 bridgehead atoms. The smallest absolute Gasteiger partial charge is 0.280 e. The molecule has 2 heterocycles. The van der Waals surface area contributed by atoms with E-state index in [1.807, 2.05) is 0 Å². The summed E-state index contributed by atoms with van der Waals surface area (Å²) in [5, 5.41) is 3.21. The van der Waals surface area contributed by atoms with Crippen molar-refractivity contribution in [3.8, 4) is 0 Å². The van der Waals surface area contributed by atoms with Gasteiger partial charge in [0.2, 0.25) is 0 Å². The van der Waals surface area contributed by atoms with Crippen molar-refractivity contribution in [3.63, 3.8) is 0 Å². The van der Waals surface area contributed by atoms with Gasteiger partial charge in [-0.15, -0.1) is 11.3 Å². The minimum absolute atomic E-state index is 0.0734. The van der Waals surface area contributed by atoms with Crippen LogP contribution in [0.2, 0.25) is 0 Å². The summed E-state index contributed by atoms with van der Waals surface area (Å²) in [6.07, 6.45) is 2.20. The Hall–Kier alpha value is -0.940. The van der Waals surface area contributed by atoms with Gasteiger partial charge in [-0.3, -0.25) is 4.79 Å². The number of thiazole rings is 1. The molecule has 1 aliphatic heterocycles. The summed E-state index contributed by atoms with van der Waals surface area (Å²) in [4.78, 5) is 19.3. The Kier molecular flexibility index (Phi) is 3.02. The third-order valence-electron chi connectivity index (χ3n) is 2.56. The lowest BCUT2D eigenvalue weighted by Crippen LogP contribution is -2.19. The molecular weight excluding hydrogens is 210 g/mol. The van der Waals surface area contributed by atoms with Crippen molar-refractivity contribution in [2.45, 2.75) is 19.4 Å². The molecule has 0 saturated heterocycles. The second-order valence-corrected chi connectivity index (χ2v) is 4.89. The number of carbonyl (C=O) groups excluding carboxylic acids is 1. The molecule has 1 aromatic heterocycles. The molecule has 0 fully saturated rings. The predicted octanol–water partition coefficient (Wildman–Crippen LogP) is 0.881. The lowest BCUT2D eigenvalue weighted by Gasteiger charge is -2.11. The lowest BCUT2D eigenvalue weighted by atomic mass is 10.2. The zero-order valence-electron chi connectivity index (χ0n) is 9.04. The highest BCUT2D eigenvalue weighted by Gasteiger charge is 2.19. The van der Waals surface area contributed by atoms with E-state index in [-0.39, 0.29) is 5.91 Å². The Balaban J connectivity index is 2.27. The van der Waals surface area contributed by atoms with Crippen LogP contribution in [0.5, 0.6) is 0 Å². The number of aromatic nitrogens is 1. The normalized spacial score (nSPS) is 16.9. The summed E-state index contributed by atoms with van der Waals surface area (Å²) in [7, 11) is 3.73. The first-order valence-electron chi connectivity index (χ1n) is 5.10.